The predicted molar refractivity (Wildman–Crippen MR) is 86.1 cm³/mol. The van der Waals surface area contributed by atoms with E-state index in [0.717, 1.165) is 4.90 Å². The van der Waals surface area contributed by atoms with E-state index in [1.165, 1.54) is 18.2 Å². The van der Waals surface area contributed by atoms with Crippen LogP contribution in [-0.4, -0.2) is 17.0 Å². The van der Waals surface area contributed by atoms with Gasteiger partial charge in [0.1, 0.15) is 0 Å². The van der Waals surface area contributed by atoms with Crippen LogP contribution in [0.15, 0.2) is 53.4 Å². The molecule has 0 amide bonds. The summed E-state index contributed by atoms with van der Waals surface area (Å²) >= 11 is 1.59. The maximum atomic E-state index is 12.2. The SMILES string of the molecule is CC.CSc1ccc(C(=O)c2cccc([N+](=O)[O-])c2)cc1. The lowest BCUT2D eigenvalue weighted by atomic mass is 10.0. The molecule has 0 N–H and O–H groups in total. The molecule has 0 aliphatic heterocycles. The number of hydrogen-bond donors (Lipinski definition) is 0. The van der Waals surface area contributed by atoms with Crippen LogP contribution in [0.3, 0.4) is 0 Å². The largest absolute Gasteiger partial charge is 0.289 e. The van der Waals surface area contributed by atoms with E-state index in [1.807, 2.05) is 32.2 Å². The van der Waals surface area contributed by atoms with Crippen LogP contribution >= 0.6 is 11.8 Å². The van der Waals surface area contributed by atoms with E-state index in [9.17, 15) is 14.9 Å². The van der Waals surface area contributed by atoms with Crippen LogP contribution in [0.2, 0.25) is 0 Å². The van der Waals surface area contributed by atoms with E-state index in [4.69, 9.17) is 0 Å². The highest BCUT2D eigenvalue weighted by Gasteiger charge is 2.13. The van der Waals surface area contributed by atoms with Crippen molar-refractivity contribution in [1.29, 1.82) is 0 Å². The molecule has 0 unspecified atom stereocenters. The first-order valence-corrected chi connectivity index (χ1v) is 7.77. The summed E-state index contributed by atoms with van der Waals surface area (Å²) in [6.07, 6.45) is 1.96. The molecule has 2 aromatic carbocycles. The summed E-state index contributed by atoms with van der Waals surface area (Å²) in [5.41, 5.74) is 0.774. The molecule has 0 saturated carbocycles. The van der Waals surface area contributed by atoms with Crippen LogP contribution in [0.1, 0.15) is 29.8 Å². The van der Waals surface area contributed by atoms with Crippen molar-refractivity contribution in [2.45, 2.75) is 18.7 Å². The van der Waals surface area contributed by atoms with Crippen LogP contribution in [0.4, 0.5) is 5.69 Å². The highest BCUT2D eigenvalue weighted by molar-refractivity contribution is 7.98. The summed E-state index contributed by atoms with van der Waals surface area (Å²) in [4.78, 5) is 23.4. The molecule has 0 saturated heterocycles. The van der Waals surface area contributed by atoms with Crippen LogP contribution < -0.4 is 0 Å². The van der Waals surface area contributed by atoms with Gasteiger partial charge in [0.05, 0.1) is 4.92 Å². The Hall–Kier alpha value is -2.14. The van der Waals surface area contributed by atoms with Gasteiger partial charge in [0, 0.05) is 28.2 Å². The molecule has 0 fully saturated rings. The Kier molecular flexibility index (Phi) is 6.62. The van der Waals surface area contributed by atoms with Gasteiger partial charge in [-0.1, -0.05) is 26.0 Å². The van der Waals surface area contributed by atoms with Gasteiger partial charge in [-0.05, 0) is 30.5 Å². The highest BCUT2D eigenvalue weighted by atomic mass is 32.2. The van der Waals surface area contributed by atoms with Gasteiger partial charge in [-0.25, -0.2) is 0 Å². The van der Waals surface area contributed by atoms with Crippen molar-refractivity contribution >= 4 is 23.2 Å². The van der Waals surface area contributed by atoms with E-state index >= 15 is 0 Å². The van der Waals surface area contributed by atoms with Gasteiger partial charge < -0.3 is 0 Å². The van der Waals surface area contributed by atoms with Crippen molar-refractivity contribution in [3.05, 3.63) is 69.8 Å². The second-order valence-electron chi connectivity index (χ2n) is 3.87. The van der Waals surface area contributed by atoms with E-state index in [1.54, 1.807) is 30.0 Å². The lowest BCUT2D eigenvalue weighted by Crippen LogP contribution is -2.01. The minimum Gasteiger partial charge on any atom is -0.289 e. The maximum absolute atomic E-state index is 12.2. The number of nitrogens with zero attached hydrogens (tertiary/aromatic N) is 1. The van der Waals surface area contributed by atoms with Crippen molar-refractivity contribution in [2.75, 3.05) is 6.26 Å². The standard InChI is InChI=1S/C14H11NO3S.C2H6/c1-19-13-7-5-10(6-8-13)14(16)11-3-2-4-12(9-11)15(17)18;1-2/h2-9H,1H3;1-2H3. The first-order valence-electron chi connectivity index (χ1n) is 6.55. The number of nitro groups is 1. The zero-order valence-electron chi connectivity index (χ0n) is 12.2. The topological polar surface area (TPSA) is 60.2 Å². The van der Waals surface area contributed by atoms with Gasteiger partial charge in [0.15, 0.2) is 5.78 Å². The average Bonchev–Trinajstić information content (AvgIpc) is 2.56. The van der Waals surface area contributed by atoms with Crippen LogP contribution in [-0.2, 0) is 0 Å². The molecule has 0 atom stereocenters. The average molecular weight is 303 g/mol. The van der Waals surface area contributed by atoms with Crippen LogP contribution in [0.25, 0.3) is 0 Å². The van der Waals surface area contributed by atoms with E-state index in [2.05, 4.69) is 0 Å². The summed E-state index contributed by atoms with van der Waals surface area (Å²) < 4.78 is 0. The fourth-order valence-corrected chi connectivity index (χ4v) is 2.08. The first kappa shape index (κ1) is 16.9. The Labute approximate surface area is 128 Å². The molecule has 110 valence electrons. The Morgan fingerprint density at radius 1 is 1.05 bits per heavy atom. The van der Waals surface area contributed by atoms with Crippen molar-refractivity contribution < 1.29 is 9.72 Å². The molecular formula is C16H17NO3S. The molecule has 4 nitrogen and oxygen atoms in total. The van der Waals surface area contributed by atoms with Crippen molar-refractivity contribution in [3.8, 4) is 0 Å². The fourth-order valence-electron chi connectivity index (χ4n) is 1.67. The molecule has 0 aromatic heterocycles. The monoisotopic (exact) mass is 303 g/mol. The van der Waals surface area contributed by atoms with Crippen molar-refractivity contribution in [1.82, 2.24) is 0 Å². The van der Waals surface area contributed by atoms with Crippen molar-refractivity contribution in [2.24, 2.45) is 0 Å². The minimum absolute atomic E-state index is 0.0772. The van der Waals surface area contributed by atoms with Gasteiger partial charge in [-0.2, -0.15) is 0 Å². The summed E-state index contributed by atoms with van der Waals surface area (Å²) in [7, 11) is 0. The maximum Gasteiger partial charge on any atom is 0.270 e. The fraction of sp³-hybridized carbons (Fsp3) is 0.188. The third-order valence-corrected chi connectivity index (χ3v) is 3.41. The number of nitro benzene ring substituents is 1. The van der Waals surface area contributed by atoms with Crippen LogP contribution in [0.5, 0.6) is 0 Å². The lowest BCUT2D eigenvalue weighted by Gasteiger charge is -2.02. The number of rotatable bonds is 4. The van der Waals surface area contributed by atoms with Gasteiger partial charge >= 0.3 is 0 Å². The number of carbonyl (C=O) groups is 1. The molecular weight excluding hydrogens is 286 g/mol. The van der Waals surface area contributed by atoms with E-state index in [-0.39, 0.29) is 11.5 Å². The number of carbonyl (C=O) groups excluding carboxylic acids is 1. The Morgan fingerprint density at radius 3 is 2.19 bits per heavy atom. The molecule has 0 radical (unpaired) electrons. The molecule has 0 aliphatic carbocycles. The molecule has 0 aliphatic rings. The van der Waals surface area contributed by atoms with Gasteiger partial charge in [-0.3, -0.25) is 14.9 Å². The highest BCUT2D eigenvalue weighted by Crippen LogP contribution is 2.19. The van der Waals surface area contributed by atoms with Crippen molar-refractivity contribution in [3.63, 3.8) is 0 Å². The van der Waals surface area contributed by atoms with Crippen LogP contribution in [0, 0.1) is 10.1 Å². The first-order chi connectivity index (χ1) is 10.1. The number of hydrogen-bond acceptors (Lipinski definition) is 4. The molecule has 2 aromatic rings. The summed E-state index contributed by atoms with van der Waals surface area (Å²) in [6.45, 7) is 4.00. The Balaban J connectivity index is 0.00000106. The second kappa shape index (κ2) is 8.21. The van der Waals surface area contributed by atoms with E-state index < -0.39 is 4.92 Å². The van der Waals surface area contributed by atoms with Gasteiger partial charge in [-0.15, -0.1) is 11.8 Å². The van der Waals surface area contributed by atoms with E-state index in [0.29, 0.717) is 11.1 Å². The summed E-state index contributed by atoms with van der Waals surface area (Å²) in [6, 6.07) is 12.9. The van der Waals surface area contributed by atoms with Gasteiger partial charge in [0.25, 0.3) is 5.69 Å². The minimum atomic E-state index is -0.506. The predicted octanol–water partition coefficient (Wildman–Crippen LogP) is 4.57. The summed E-state index contributed by atoms with van der Waals surface area (Å²) in [5.74, 6) is -0.212. The Morgan fingerprint density at radius 2 is 1.67 bits per heavy atom. The molecule has 5 heteroatoms. The molecule has 0 spiro atoms. The lowest BCUT2D eigenvalue weighted by molar-refractivity contribution is -0.384. The zero-order chi connectivity index (χ0) is 15.8. The normalized spacial score (nSPS) is 9.48. The number of non-ortho nitro benzene ring substituents is 1. The van der Waals surface area contributed by atoms with Gasteiger partial charge in [0.2, 0.25) is 0 Å². The number of ketones is 1. The summed E-state index contributed by atoms with van der Waals surface area (Å²) in [5, 5.41) is 10.7. The third kappa shape index (κ3) is 4.43. The zero-order valence-corrected chi connectivity index (χ0v) is 13.0. The second-order valence-corrected chi connectivity index (χ2v) is 4.74. The molecule has 21 heavy (non-hydrogen) atoms. The number of thioether (sulfide) groups is 1. The third-order valence-electron chi connectivity index (χ3n) is 2.67. The molecule has 0 bridgehead atoms. The molecule has 0 heterocycles. The Bertz CT molecular complexity index is 624. The number of benzene rings is 2. The quantitative estimate of drug-likeness (QED) is 0.359. The smallest absolute Gasteiger partial charge is 0.270 e. The molecule has 2 rings (SSSR count).